The van der Waals surface area contributed by atoms with Crippen molar-refractivity contribution in [3.8, 4) is 0 Å². The van der Waals surface area contributed by atoms with Gasteiger partial charge in [-0.15, -0.1) is 0 Å². The smallest absolute Gasteiger partial charge is 0.306 e. The summed E-state index contributed by atoms with van der Waals surface area (Å²) in [5.74, 6) is 0.207. The summed E-state index contributed by atoms with van der Waals surface area (Å²) in [6.45, 7) is 0.248. The van der Waals surface area contributed by atoms with Crippen LogP contribution in [-0.4, -0.2) is 31.1 Å². The highest BCUT2D eigenvalue weighted by Crippen LogP contribution is 2.13. The molecule has 0 aliphatic rings. The highest BCUT2D eigenvalue weighted by molar-refractivity contribution is 7.83. The van der Waals surface area contributed by atoms with Crippen molar-refractivity contribution in [1.82, 2.24) is 9.78 Å². The van der Waals surface area contributed by atoms with E-state index >= 15 is 0 Å². The van der Waals surface area contributed by atoms with E-state index in [2.05, 4.69) is 10.4 Å². The molecule has 0 radical (unpaired) electrons. The third-order valence-electron chi connectivity index (χ3n) is 2.98. The lowest BCUT2D eigenvalue weighted by Gasteiger charge is -2.07. The Morgan fingerprint density at radius 1 is 1.48 bits per heavy atom. The van der Waals surface area contributed by atoms with Crippen molar-refractivity contribution in [2.24, 2.45) is 0 Å². The molecule has 8 nitrogen and oxygen atoms in total. The molecule has 2 aromatic rings. The van der Waals surface area contributed by atoms with Gasteiger partial charge in [0.05, 0.1) is 4.92 Å². The van der Waals surface area contributed by atoms with Gasteiger partial charge in [0.25, 0.3) is 0 Å². The summed E-state index contributed by atoms with van der Waals surface area (Å²) in [4.78, 5) is 21.9. The van der Waals surface area contributed by atoms with E-state index in [1.54, 1.807) is 24.5 Å². The Balaban J connectivity index is 1.89. The number of hydrogen-bond donors (Lipinski definition) is 1. The quantitative estimate of drug-likeness (QED) is 0.611. The lowest BCUT2D eigenvalue weighted by molar-refractivity contribution is -0.385. The first-order valence-corrected chi connectivity index (χ1v) is 8.52. The van der Waals surface area contributed by atoms with Crippen LogP contribution in [0.1, 0.15) is 12.0 Å². The predicted molar refractivity (Wildman–Crippen MR) is 86.3 cm³/mol. The lowest BCUT2D eigenvalue weighted by Crippen LogP contribution is -2.14. The molecule has 0 aliphatic heterocycles. The normalized spacial score (nSPS) is 11.9. The Hall–Kier alpha value is -2.55. The van der Waals surface area contributed by atoms with Crippen LogP contribution in [0.3, 0.4) is 0 Å². The van der Waals surface area contributed by atoms with E-state index in [1.165, 1.54) is 10.9 Å². The Morgan fingerprint density at radius 2 is 2.26 bits per heavy atom. The second-order valence-electron chi connectivity index (χ2n) is 4.93. The van der Waals surface area contributed by atoms with Gasteiger partial charge in [-0.25, -0.2) is 0 Å². The second-order valence-corrected chi connectivity index (χ2v) is 6.37. The third-order valence-corrected chi connectivity index (χ3v) is 3.72. The molecule has 2 rings (SSSR count). The fourth-order valence-electron chi connectivity index (χ4n) is 1.98. The van der Waals surface area contributed by atoms with Crippen molar-refractivity contribution < 1.29 is 13.9 Å². The Morgan fingerprint density at radius 3 is 2.91 bits per heavy atom. The van der Waals surface area contributed by atoms with E-state index in [-0.39, 0.29) is 24.6 Å². The minimum absolute atomic E-state index is 0.106. The van der Waals surface area contributed by atoms with Crippen LogP contribution < -0.4 is 5.32 Å². The molecule has 0 bridgehead atoms. The lowest BCUT2D eigenvalue weighted by atomic mass is 10.2. The fourth-order valence-corrected chi connectivity index (χ4v) is 2.63. The van der Waals surface area contributed by atoms with Gasteiger partial charge in [0.2, 0.25) is 5.91 Å². The minimum Gasteiger partial charge on any atom is -0.326 e. The standard InChI is InChI=1S/C14H16N4O4S/c1-23(22)10-11-3-2-4-12(7-11)16-14(19)5-6-17-9-13(8-15-17)18(20)21/h2-4,7-9H,5-6,10H2,1H3,(H,16,19)/t23-/m1/s1. The number of amides is 1. The summed E-state index contributed by atoms with van der Waals surface area (Å²) in [5.41, 5.74) is 1.40. The largest absolute Gasteiger partial charge is 0.326 e. The highest BCUT2D eigenvalue weighted by atomic mass is 32.2. The molecule has 0 saturated carbocycles. The van der Waals surface area contributed by atoms with Gasteiger partial charge in [0.1, 0.15) is 12.4 Å². The van der Waals surface area contributed by atoms with Crippen LogP contribution >= 0.6 is 0 Å². The molecule has 0 fully saturated rings. The van der Waals surface area contributed by atoms with E-state index in [0.717, 1.165) is 11.8 Å². The summed E-state index contributed by atoms with van der Waals surface area (Å²) < 4.78 is 12.6. The maximum absolute atomic E-state index is 11.9. The van der Waals surface area contributed by atoms with Crippen LogP contribution in [-0.2, 0) is 27.9 Å². The van der Waals surface area contributed by atoms with Gasteiger partial charge in [-0.1, -0.05) is 12.1 Å². The van der Waals surface area contributed by atoms with E-state index in [1.807, 2.05) is 6.07 Å². The zero-order valence-corrected chi connectivity index (χ0v) is 13.3. The average molecular weight is 336 g/mol. The summed E-state index contributed by atoms with van der Waals surface area (Å²) >= 11 is 0. The number of rotatable bonds is 7. The van der Waals surface area contributed by atoms with E-state index in [0.29, 0.717) is 11.4 Å². The molecule has 1 aromatic carbocycles. The van der Waals surface area contributed by atoms with Crippen molar-refractivity contribution >= 4 is 28.1 Å². The average Bonchev–Trinajstić information content (AvgIpc) is 2.94. The number of carbonyl (C=O) groups excluding carboxylic acids is 1. The number of nitrogens with one attached hydrogen (secondary N) is 1. The SMILES string of the molecule is C[S@@](=O)Cc1cccc(NC(=O)CCn2cc([N+](=O)[O-])cn2)c1. The summed E-state index contributed by atoms with van der Waals surface area (Å²) in [5, 5.41) is 17.1. The van der Waals surface area contributed by atoms with Gasteiger partial charge in [0, 0.05) is 41.5 Å². The van der Waals surface area contributed by atoms with Gasteiger partial charge in [-0.05, 0) is 17.7 Å². The van der Waals surface area contributed by atoms with Crippen LogP contribution in [0.2, 0.25) is 0 Å². The second kappa shape index (κ2) is 7.63. The van der Waals surface area contributed by atoms with Gasteiger partial charge in [-0.2, -0.15) is 5.10 Å². The maximum atomic E-state index is 11.9. The molecule has 1 atom stereocenters. The molecule has 1 amide bonds. The van der Waals surface area contributed by atoms with Crippen molar-refractivity contribution in [1.29, 1.82) is 0 Å². The van der Waals surface area contributed by atoms with Gasteiger partial charge < -0.3 is 5.32 Å². The Bertz CT molecular complexity index is 744. The molecular formula is C14H16N4O4S. The zero-order valence-electron chi connectivity index (χ0n) is 12.5. The number of aromatic nitrogens is 2. The van der Waals surface area contributed by atoms with Crippen molar-refractivity contribution in [2.75, 3.05) is 11.6 Å². The molecule has 0 aliphatic carbocycles. The van der Waals surface area contributed by atoms with Gasteiger partial charge in [-0.3, -0.25) is 23.8 Å². The van der Waals surface area contributed by atoms with Crippen LogP contribution in [0.4, 0.5) is 11.4 Å². The van der Waals surface area contributed by atoms with Gasteiger partial charge in [0.15, 0.2) is 0 Å². The van der Waals surface area contributed by atoms with Crippen LogP contribution in [0.25, 0.3) is 0 Å². The van der Waals surface area contributed by atoms with Crippen molar-refractivity contribution in [3.63, 3.8) is 0 Å². The summed E-state index contributed by atoms with van der Waals surface area (Å²) in [6.07, 6.45) is 4.19. The summed E-state index contributed by atoms with van der Waals surface area (Å²) in [7, 11) is -0.947. The molecule has 1 aromatic heterocycles. The zero-order chi connectivity index (χ0) is 16.8. The first kappa shape index (κ1) is 16.8. The number of hydrogen-bond acceptors (Lipinski definition) is 5. The first-order valence-electron chi connectivity index (χ1n) is 6.79. The highest BCUT2D eigenvalue weighted by Gasteiger charge is 2.10. The molecule has 1 N–H and O–H groups in total. The fraction of sp³-hybridized carbons (Fsp3) is 0.286. The van der Waals surface area contributed by atoms with E-state index < -0.39 is 15.7 Å². The number of anilines is 1. The van der Waals surface area contributed by atoms with E-state index in [4.69, 9.17) is 0 Å². The predicted octanol–water partition coefficient (Wildman–Crippen LogP) is 1.70. The third kappa shape index (κ3) is 5.29. The molecule has 0 unspecified atom stereocenters. The minimum atomic E-state index is -0.947. The summed E-state index contributed by atoms with van der Waals surface area (Å²) in [6, 6.07) is 7.16. The molecule has 0 saturated heterocycles. The Labute approximate surface area is 135 Å². The van der Waals surface area contributed by atoms with Crippen molar-refractivity contribution in [3.05, 3.63) is 52.3 Å². The van der Waals surface area contributed by atoms with E-state index in [9.17, 15) is 19.1 Å². The number of benzene rings is 1. The Kier molecular flexibility index (Phi) is 5.58. The van der Waals surface area contributed by atoms with Crippen LogP contribution in [0.5, 0.6) is 0 Å². The molecule has 122 valence electrons. The number of nitro groups is 1. The maximum Gasteiger partial charge on any atom is 0.306 e. The van der Waals surface area contributed by atoms with Crippen LogP contribution in [0, 0.1) is 10.1 Å². The molecule has 23 heavy (non-hydrogen) atoms. The topological polar surface area (TPSA) is 107 Å². The molecule has 0 spiro atoms. The molecular weight excluding hydrogens is 320 g/mol. The number of nitrogens with zero attached hydrogens (tertiary/aromatic N) is 3. The molecule has 9 heteroatoms. The monoisotopic (exact) mass is 336 g/mol. The number of aryl methyl sites for hydroxylation is 1. The number of carbonyl (C=O) groups is 1. The molecule has 1 heterocycles. The van der Waals surface area contributed by atoms with Gasteiger partial charge >= 0.3 is 5.69 Å². The van der Waals surface area contributed by atoms with Crippen molar-refractivity contribution in [2.45, 2.75) is 18.7 Å². The van der Waals surface area contributed by atoms with Crippen LogP contribution in [0.15, 0.2) is 36.7 Å². The first-order chi connectivity index (χ1) is 10.9.